The van der Waals surface area contributed by atoms with Crippen LogP contribution in [0.4, 0.5) is 4.79 Å². The molecular formula is C13H20N2O3S. The highest BCUT2D eigenvalue weighted by atomic mass is 32.2. The largest absolute Gasteiger partial charge is 0.331 e. The van der Waals surface area contributed by atoms with E-state index in [1.54, 1.807) is 13.8 Å². The summed E-state index contributed by atoms with van der Waals surface area (Å²) in [6.07, 6.45) is 2.69. The van der Waals surface area contributed by atoms with Crippen molar-refractivity contribution in [2.45, 2.75) is 51.3 Å². The number of rotatable bonds is 3. The average molecular weight is 284 g/mol. The third-order valence-corrected chi connectivity index (χ3v) is 5.12. The van der Waals surface area contributed by atoms with E-state index in [1.807, 2.05) is 11.8 Å². The summed E-state index contributed by atoms with van der Waals surface area (Å²) < 4.78 is 0. The summed E-state index contributed by atoms with van der Waals surface area (Å²) in [5, 5.41) is 2.80. The first kappa shape index (κ1) is 14.4. The number of amides is 4. The van der Waals surface area contributed by atoms with Crippen LogP contribution in [0.3, 0.4) is 0 Å². The summed E-state index contributed by atoms with van der Waals surface area (Å²) in [6.45, 7) is 5.24. The van der Waals surface area contributed by atoms with Gasteiger partial charge in [-0.3, -0.25) is 19.8 Å². The fraction of sp³-hybridized carbons (Fsp3) is 0.769. The van der Waals surface area contributed by atoms with Crippen LogP contribution in [0.15, 0.2) is 0 Å². The number of barbiturate groups is 1. The average Bonchev–Trinajstić information content (AvgIpc) is 2.76. The molecule has 0 aromatic rings. The van der Waals surface area contributed by atoms with Crippen LogP contribution in [0.2, 0.25) is 0 Å². The minimum Gasteiger partial charge on any atom is -0.277 e. The van der Waals surface area contributed by atoms with Crippen molar-refractivity contribution in [1.29, 1.82) is 0 Å². The Kier molecular flexibility index (Phi) is 3.90. The maximum Gasteiger partial charge on any atom is 0.331 e. The molecule has 1 heterocycles. The van der Waals surface area contributed by atoms with E-state index in [9.17, 15) is 14.4 Å². The molecule has 0 radical (unpaired) electrons. The van der Waals surface area contributed by atoms with Crippen molar-refractivity contribution < 1.29 is 14.4 Å². The molecule has 0 bridgehead atoms. The van der Waals surface area contributed by atoms with Crippen molar-refractivity contribution in [2.75, 3.05) is 5.75 Å². The van der Waals surface area contributed by atoms with E-state index in [0.29, 0.717) is 5.25 Å². The Labute approximate surface area is 117 Å². The zero-order valence-electron chi connectivity index (χ0n) is 11.6. The number of hydrogen-bond donors (Lipinski definition) is 1. The Hall–Kier alpha value is -1.04. The van der Waals surface area contributed by atoms with Crippen LogP contribution in [-0.2, 0) is 9.59 Å². The lowest BCUT2D eigenvalue weighted by molar-refractivity contribution is -0.150. The van der Waals surface area contributed by atoms with Gasteiger partial charge in [0.1, 0.15) is 5.41 Å². The maximum atomic E-state index is 12.4. The van der Waals surface area contributed by atoms with E-state index < -0.39 is 17.4 Å². The van der Waals surface area contributed by atoms with Crippen molar-refractivity contribution in [1.82, 2.24) is 10.2 Å². The van der Waals surface area contributed by atoms with Crippen LogP contribution in [0.1, 0.15) is 40.0 Å². The van der Waals surface area contributed by atoms with Crippen molar-refractivity contribution in [2.24, 2.45) is 5.41 Å². The minimum absolute atomic E-state index is 0.0658. The molecule has 6 heteroatoms. The highest BCUT2D eigenvalue weighted by Gasteiger charge is 2.50. The van der Waals surface area contributed by atoms with Gasteiger partial charge in [-0.1, -0.05) is 6.92 Å². The molecule has 2 aliphatic rings. The number of urea groups is 1. The molecular weight excluding hydrogens is 264 g/mol. The Balaban J connectivity index is 2.13. The summed E-state index contributed by atoms with van der Waals surface area (Å²) in [5.41, 5.74) is -1.15. The highest BCUT2D eigenvalue weighted by Crippen LogP contribution is 2.35. The topological polar surface area (TPSA) is 66.5 Å². The molecule has 4 amide bonds. The Morgan fingerprint density at radius 3 is 2.63 bits per heavy atom. The predicted molar refractivity (Wildman–Crippen MR) is 73.7 cm³/mol. The highest BCUT2D eigenvalue weighted by molar-refractivity contribution is 7.99. The quantitative estimate of drug-likeness (QED) is 0.802. The van der Waals surface area contributed by atoms with Crippen molar-refractivity contribution in [3.8, 4) is 0 Å². The Bertz CT molecular complexity index is 422. The number of thioether (sulfide) groups is 1. The van der Waals surface area contributed by atoms with Crippen LogP contribution in [0.5, 0.6) is 0 Å². The molecule has 2 fully saturated rings. The molecule has 1 aliphatic heterocycles. The molecule has 106 valence electrons. The van der Waals surface area contributed by atoms with Crippen LogP contribution in [0.25, 0.3) is 0 Å². The number of imide groups is 2. The number of nitrogens with zero attached hydrogens (tertiary/aromatic N) is 1. The van der Waals surface area contributed by atoms with Crippen molar-refractivity contribution in [3.63, 3.8) is 0 Å². The summed E-state index contributed by atoms with van der Waals surface area (Å²) in [7, 11) is 0. The van der Waals surface area contributed by atoms with Crippen molar-refractivity contribution in [3.05, 3.63) is 0 Å². The molecule has 1 N–H and O–H groups in total. The van der Waals surface area contributed by atoms with Gasteiger partial charge < -0.3 is 0 Å². The maximum absolute atomic E-state index is 12.4. The lowest BCUT2D eigenvalue weighted by Crippen LogP contribution is -2.64. The molecule has 2 atom stereocenters. The van der Waals surface area contributed by atoms with Crippen LogP contribution >= 0.6 is 11.8 Å². The number of nitrogens with one attached hydrogen (secondary N) is 1. The zero-order chi connectivity index (χ0) is 14.2. The lowest BCUT2D eigenvalue weighted by Gasteiger charge is -2.37. The molecule has 0 aromatic carbocycles. The smallest absolute Gasteiger partial charge is 0.277 e. The van der Waals surface area contributed by atoms with Crippen LogP contribution < -0.4 is 5.32 Å². The standard InChI is InChI=1S/C13H20N2O3S/c1-4-19-9-6-5-8(7-9)15-11(17)13(2,3)10(16)14-12(15)18/h8-9H,4-7H2,1-3H3,(H,14,16,18). The Morgan fingerprint density at radius 2 is 2.00 bits per heavy atom. The second-order valence-corrected chi connectivity index (χ2v) is 7.18. The molecule has 0 spiro atoms. The van der Waals surface area contributed by atoms with Gasteiger partial charge in [0, 0.05) is 11.3 Å². The van der Waals surface area contributed by atoms with E-state index in [-0.39, 0.29) is 11.9 Å². The number of hydrogen-bond acceptors (Lipinski definition) is 4. The number of carbonyl (C=O) groups excluding carboxylic acids is 3. The molecule has 5 nitrogen and oxygen atoms in total. The normalized spacial score (nSPS) is 30.7. The van der Waals surface area contributed by atoms with Gasteiger partial charge in [0.05, 0.1) is 0 Å². The van der Waals surface area contributed by atoms with E-state index in [4.69, 9.17) is 0 Å². The third-order valence-electron chi connectivity index (χ3n) is 3.88. The van der Waals surface area contributed by atoms with Gasteiger partial charge in [-0.05, 0) is 38.9 Å². The summed E-state index contributed by atoms with van der Waals surface area (Å²) in [5.74, 6) is 0.172. The fourth-order valence-corrected chi connectivity index (χ4v) is 3.81. The molecule has 1 saturated carbocycles. The monoisotopic (exact) mass is 284 g/mol. The van der Waals surface area contributed by atoms with Crippen LogP contribution in [0, 0.1) is 5.41 Å². The summed E-state index contributed by atoms with van der Waals surface area (Å²) in [6, 6.07) is -0.620. The van der Waals surface area contributed by atoms with Crippen LogP contribution in [-0.4, -0.2) is 39.8 Å². The van der Waals surface area contributed by atoms with Gasteiger partial charge in [0.25, 0.3) is 0 Å². The third kappa shape index (κ3) is 2.50. The summed E-state index contributed by atoms with van der Waals surface area (Å²) in [4.78, 5) is 37.2. The van der Waals surface area contributed by atoms with E-state index >= 15 is 0 Å². The zero-order valence-corrected chi connectivity index (χ0v) is 12.4. The van der Waals surface area contributed by atoms with Gasteiger partial charge in [-0.2, -0.15) is 11.8 Å². The van der Waals surface area contributed by atoms with Gasteiger partial charge in [0.2, 0.25) is 11.8 Å². The molecule has 2 unspecified atom stereocenters. The van der Waals surface area contributed by atoms with Crippen molar-refractivity contribution >= 4 is 29.6 Å². The fourth-order valence-electron chi connectivity index (χ4n) is 2.67. The molecule has 2 rings (SSSR count). The summed E-state index contributed by atoms with van der Waals surface area (Å²) >= 11 is 1.87. The lowest BCUT2D eigenvalue weighted by atomic mass is 9.88. The van der Waals surface area contributed by atoms with Gasteiger partial charge in [-0.15, -0.1) is 0 Å². The Morgan fingerprint density at radius 1 is 1.32 bits per heavy atom. The second-order valence-electron chi connectivity index (χ2n) is 5.60. The SMILES string of the molecule is CCSC1CCC(N2C(=O)NC(=O)C(C)(C)C2=O)C1. The first-order chi connectivity index (χ1) is 8.87. The first-order valence-corrected chi connectivity index (χ1v) is 7.73. The van der Waals surface area contributed by atoms with Gasteiger partial charge in [-0.25, -0.2) is 4.79 Å². The molecule has 1 saturated heterocycles. The van der Waals surface area contributed by atoms with E-state index in [0.717, 1.165) is 25.0 Å². The van der Waals surface area contributed by atoms with E-state index in [2.05, 4.69) is 12.2 Å². The predicted octanol–water partition coefficient (Wildman–Crippen LogP) is 1.77. The van der Waals surface area contributed by atoms with Gasteiger partial charge in [0.15, 0.2) is 0 Å². The first-order valence-electron chi connectivity index (χ1n) is 6.68. The second kappa shape index (κ2) is 5.15. The molecule has 19 heavy (non-hydrogen) atoms. The van der Waals surface area contributed by atoms with Gasteiger partial charge >= 0.3 is 6.03 Å². The minimum atomic E-state index is -1.15. The number of carbonyl (C=O) groups is 3. The molecule has 0 aromatic heterocycles. The van der Waals surface area contributed by atoms with E-state index in [1.165, 1.54) is 4.90 Å². The molecule has 1 aliphatic carbocycles.